The van der Waals surface area contributed by atoms with Gasteiger partial charge in [0, 0.05) is 26.7 Å². The molecule has 1 amide bonds. The second-order valence-electron chi connectivity index (χ2n) is 6.54. The summed E-state index contributed by atoms with van der Waals surface area (Å²) in [6.07, 6.45) is 1.01. The van der Waals surface area contributed by atoms with Crippen molar-refractivity contribution in [1.82, 2.24) is 9.80 Å². The molecule has 0 spiro atoms. The highest BCUT2D eigenvalue weighted by Crippen LogP contribution is 2.23. The summed E-state index contributed by atoms with van der Waals surface area (Å²) in [5, 5.41) is 9.16. The van der Waals surface area contributed by atoms with Gasteiger partial charge in [-0.05, 0) is 23.5 Å². The largest absolute Gasteiger partial charge is 0.481 e. The van der Waals surface area contributed by atoms with Crippen LogP contribution in [0.15, 0.2) is 24.3 Å². The number of rotatable bonds is 6. The van der Waals surface area contributed by atoms with Crippen LogP contribution < -0.4 is 0 Å². The van der Waals surface area contributed by atoms with Crippen LogP contribution in [0.3, 0.4) is 0 Å². The summed E-state index contributed by atoms with van der Waals surface area (Å²) in [6.45, 7) is 6.05. The van der Waals surface area contributed by atoms with Gasteiger partial charge in [-0.2, -0.15) is 0 Å². The van der Waals surface area contributed by atoms with E-state index in [1.165, 1.54) is 5.56 Å². The topological polar surface area (TPSA) is 60.9 Å². The molecule has 0 radical (unpaired) electrons. The zero-order valence-electron chi connectivity index (χ0n) is 14.2. The fraction of sp³-hybridized carbons (Fsp3) is 0.556. The number of likely N-dealkylation sites (N-methyl/N-ethyl adjacent to an activating group) is 1. The Labute approximate surface area is 137 Å². The van der Waals surface area contributed by atoms with Crippen LogP contribution in [0.2, 0.25) is 0 Å². The molecule has 23 heavy (non-hydrogen) atoms. The molecular weight excluding hydrogens is 292 g/mol. The van der Waals surface area contributed by atoms with E-state index in [-0.39, 0.29) is 24.3 Å². The summed E-state index contributed by atoms with van der Waals surface area (Å²) in [6, 6.07) is 8.29. The van der Waals surface area contributed by atoms with Crippen LogP contribution in [0.4, 0.5) is 0 Å². The maximum Gasteiger partial charge on any atom is 0.308 e. The molecule has 0 saturated carbocycles. The highest BCUT2D eigenvalue weighted by atomic mass is 16.4. The number of hydrogen-bond acceptors (Lipinski definition) is 3. The Morgan fingerprint density at radius 3 is 2.35 bits per heavy atom. The molecule has 1 saturated heterocycles. The Morgan fingerprint density at radius 1 is 1.22 bits per heavy atom. The lowest BCUT2D eigenvalue weighted by molar-refractivity contribution is -0.142. The van der Waals surface area contributed by atoms with E-state index >= 15 is 0 Å². The summed E-state index contributed by atoms with van der Waals surface area (Å²) in [5.41, 5.74) is 2.39. The normalized spacial score (nSPS) is 21.3. The van der Waals surface area contributed by atoms with Crippen LogP contribution in [0.5, 0.6) is 0 Å². The van der Waals surface area contributed by atoms with Gasteiger partial charge in [0.1, 0.15) is 0 Å². The van der Waals surface area contributed by atoms with Gasteiger partial charge in [-0.15, -0.1) is 0 Å². The quantitative estimate of drug-likeness (QED) is 0.870. The Morgan fingerprint density at radius 2 is 1.83 bits per heavy atom. The van der Waals surface area contributed by atoms with E-state index in [0.717, 1.165) is 12.0 Å². The molecule has 0 bridgehead atoms. The molecule has 0 aliphatic carbocycles. The monoisotopic (exact) mass is 318 g/mol. The average Bonchev–Trinajstić information content (AvgIpc) is 2.88. The third-order valence-corrected chi connectivity index (χ3v) is 4.64. The predicted molar refractivity (Wildman–Crippen MR) is 89.0 cm³/mol. The first kappa shape index (κ1) is 17.5. The van der Waals surface area contributed by atoms with E-state index in [9.17, 15) is 9.59 Å². The minimum Gasteiger partial charge on any atom is -0.481 e. The van der Waals surface area contributed by atoms with E-state index in [0.29, 0.717) is 19.6 Å². The Hall–Kier alpha value is -1.88. The van der Waals surface area contributed by atoms with Gasteiger partial charge in [-0.3, -0.25) is 14.5 Å². The summed E-state index contributed by atoms with van der Waals surface area (Å²) in [7, 11) is 1.80. The fourth-order valence-electron chi connectivity index (χ4n) is 3.07. The number of likely N-dealkylation sites (tertiary alicyclic amines) is 1. The number of amides is 1. The number of aryl methyl sites for hydroxylation is 1. The molecule has 1 aliphatic rings. The van der Waals surface area contributed by atoms with Crippen molar-refractivity contribution in [2.75, 3.05) is 26.7 Å². The number of nitrogens with zero attached hydrogens (tertiary/aromatic N) is 2. The van der Waals surface area contributed by atoms with Gasteiger partial charge in [0.05, 0.1) is 12.5 Å². The number of hydrogen-bond donors (Lipinski definition) is 1. The first-order valence-corrected chi connectivity index (χ1v) is 8.17. The van der Waals surface area contributed by atoms with Crippen molar-refractivity contribution < 1.29 is 14.7 Å². The Bertz CT molecular complexity index is 556. The fourth-order valence-corrected chi connectivity index (χ4v) is 3.07. The van der Waals surface area contributed by atoms with Gasteiger partial charge < -0.3 is 10.0 Å². The van der Waals surface area contributed by atoms with Crippen molar-refractivity contribution in [3.8, 4) is 0 Å². The number of aliphatic carboxylic acids is 1. The number of carboxylic acid groups (broad SMARTS) is 1. The van der Waals surface area contributed by atoms with E-state index in [2.05, 4.69) is 31.2 Å². The van der Waals surface area contributed by atoms with E-state index in [1.54, 1.807) is 11.9 Å². The molecular formula is C18H26N2O3. The highest BCUT2D eigenvalue weighted by molar-refractivity contribution is 5.78. The van der Waals surface area contributed by atoms with Crippen molar-refractivity contribution >= 4 is 11.9 Å². The van der Waals surface area contributed by atoms with Crippen molar-refractivity contribution in [2.45, 2.75) is 26.8 Å². The molecule has 5 heteroatoms. The molecule has 0 aromatic heterocycles. The lowest BCUT2D eigenvalue weighted by atomic mass is 9.99. The van der Waals surface area contributed by atoms with E-state index in [1.807, 2.05) is 11.8 Å². The number of carbonyl (C=O) groups excluding carboxylic acids is 1. The smallest absolute Gasteiger partial charge is 0.308 e. The molecule has 126 valence electrons. The number of carbonyl (C=O) groups is 2. The third kappa shape index (κ3) is 4.55. The van der Waals surface area contributed by atoms with Crippen molar-refractivity contribution in [1.29, 1.82) is 0 Å². The average molecular weight is 318 g/mol. The molecule has 1 fully saturated rings. The van der Waals surface area contributed by atoms with Gasteiger partial charge in [-0.25, -0.2) is 0 Å². The molecule has 2 atom stereocenters. The molecule has 5 nitrogen and oxygen atoms in total. The maximum atomic E-state index is 12.3. The van der Waals surface area contributed by atoms with Gasteiger partial charge in [0.15, 0.2) is 0 Å². The second kappa shape index (κ2) is 7.59. The van der Waals surface area contributed by atoms with Gasteiger partial charge in [0.2, 0.25) is 5.91 Å². The standard InChI is InChI=1S/C18H26N2O3/c1-4-14-5-7-15(8-6-14)10-19(3)17(21)12-20-9-13(2)16(11-20)18(22)23/h5-8,13,16H,4,9-12H2,1-3H3,(H,22,23)/t13-,16-/m1/s1. The van der Waals surface area contributed by atoms with Gasteiger partial charge >= 0.3 is 5.97 Å². The van der Waals surface area contributed by atoms with Crippen molar-refractivity contribution in [2.24, 2.45) is 11.8 Å². The first-order valence-electron chi connectivity index (χ1n) is 8.17. The Balaban J connectivity index is 1.86. The first-order chi connectivity index (χ1) is 10.9. The summed E-state index contributed by atoms with van der Waals surface area (Å²) < 4.78 is 0. The minimum atomic E-state index is -0.767. The number of benzene rings is 1. The molecule has 1 aromatic rings. The molecule has 1 N–H and O–H groups in total. The number of carboxylic acids is 1. The zero-order valence-corrected chi connectivity index (χ0v) is 14.2. The molecule has 1 aromatic carbocycles. The molecule has 1 heterocycles. The predicted octanol–water partition coefficient (Wildman–Crippen LogP) is 1.86. The maximum absolute atomic E-state index is 12.3. The van der Waals surface area contributed by atoms with Crippen LogP contribution in [0.25, 0.3) is 0 Å². The van der Waals surface area contributed by atoms with Crippen LogP contribution in [0.1, 0.15) is 25.0 Å². The van der Waals surface area contributed by atoms with Crippen LogP contribution in [0, 0.1) is 11.8 Å². The van der Waals surface area contributed by atoms with E-state index in [4.69, 9.17) is 5.11 Å². The van der Waals surface area contributed by atoms with Crippen molar-refractivity contribution in [3.05, 3.63) is 35.4 Å². The van der Waals surface area contributed by atoms with Gasteiger partial charge in [-0.1, -0.05) is 38.1 Å². The van der Waals surface area contributed by atoms with Crippen LogP contribution in [-0.2, 0) is 22.6 Å². The van der Waals surface area contributed by atoms with Gasteiger partial charge in [0.25, 0.3) is 0 Å². The molecule has 1 aliphatic heterocycles. The summed E-state index contributed by atoms with van der Waals surface area (Å²) in [5.74, 6) is -1.01. The highest BCUT2D eigenvalue weighted by Gasteiger charge is 2.35. The molecule has 2 rings (SSSR count). The lowest BCUT2D eigenvalue weighted by Crippen LogP contribution is -2.37. The van der Waals surface area contributed by atoms with Crippen LogP contribution >= 0.6 is 0 Å². The van der Waals surface area contributed by atoms with E-state index < -0.39 is 5.97 Å². The summed E-state index contributed by atoms with van der Waals surface area (Å²) in [4.78, 5) is 27.2. The minimum absolute atomic E-state index is 0.0304. The summed E-state index contributed by atoms with van der Waals surface area (Å²) >= 11 is 0. The molecule has 0 unspecified atom stereocenters. The third-order valence-electron chi connectivity index (χ3n) is 4.64. The zero-order chi connectivity index (χ0) is 17.0. The lowest BCUT2D eigenvalue weighted by Gasteiger charge is -2.21. The Kier molecular flexibility index (Phi) is 5.77. The SMILES string of the molecule is CCc1ccc(CN(C)C(=O)CN2C[C@@H](C)[C@H](C(=O)O)C2)cc1. The van der Waals surface area contributed by atoms with Crippen LogP contribution in [-0.4, -0.2) is 53.5 Å². The van der Waals surface area contributed by atoms with Crippen molar-refractivity contribution in [3.63, 3.8) is 0 Å². The second-order valence-corrected chi connectivity index (χ2v) is 6.54.